The van der Waals surface area contributed by atoms with Gasteiger partial charge in [-0.05, 0) is 33.6 Å². The Morgan fingerprint density at radius 2 is 1.94 bits per heavy atom. The summed E-state index contributed by atoms with van der Waals surface area (Å²) in [4.78, 5) is 6.82. The van der Waals surface area contributed by atoms with E-state index in [-0.39, 0.29) is 17.1 Å². The highest BCUT2D eigenvalue weighted by Crippen LogP contribution is 2.46. The Morgan fingerprint density at radius 1 is 1.33 bits per heavy atom. The van der Waals surface area contributed by atoms with E-state index in [1.165, 1.54) is 6.42 Å². The number of aliphatic imine (C=N–C) groups is 1. The zero-order valence-electron chi connectivity index (χ0n) is 12.4. The molecule has 2 atom stereocenters. The maximum absolute atomic E-state index is 6.08. The fourth-order valence-corrected chi connectivity index (χ4v) is 2.50. The molecule has 0 radical (unpaired) electrons. The summed E-state index contributed by atoms with van der Waals surface area (Å²) in [6.45, 7) is 12.9. The zero-order valence-corrected chi connectivity index (χ0v) is 12.4. The van der Waals surface area contributed by atoms with E-state index in [1.807, 2.05) is 0 Å². The predicted octanol–water partition coefficient (Wildman–Crippen LogP) is 1.99. The van der Waals surface area contributed by atoms with Crippen molar-refractivity contribution in [2.75, 3.05) is 13.1 Å². The van der Waals surface area contributed by atoms with E-state index in [2.05, 4.69) is 44.5 Å². The van der Waals surface area contributed by atoms with Crippen molar-refractivity contribution in [1.82, 2.24) is 4.90 Å². The normalized spacial score (nSPS) is 31.8. The summed E-state index contributed by atoms with van der Waals surface area (Å²) in [5.41, 5.74) is 6.02. The van der Waals surface area contributed by atoms with Crippen LogP contribution in [0.1, 0.15) is 47.5 Å². The summed E-state index contributed by atoms with van der Waals surface area (Å²) in [5, 5.41) is 0. The highest BCUT2D eigenvalue weighted by Gasteiger charge is 2.50. The average Bonchev–Trinajstić information content (AvgIpc) is 2.11. The number of nitrogens with zero attached hydrogens (tertiary/aromatic N) is 2. The molecule has 1 aliphatic carbocycles. The molecule has 0 aromatic rings. The zero-order chi connectivity index (χ0) is 13.6. The largest absolute Gasteiger partial charge is 0.372 e. The van der Waals surface area contributed by atoms with Crippen molar-refractivity contribution in [1.29, 1.82) is 0 Å². The van der Waals surface area contributed by atoms with E-state index in [9.17, 15) is 0 Å². The van der Waals surface area contributed by atoms with E-state index < -0.39 is 0 Å². The molecule has 1 saturated heterocycles. The van der Waals surface area contributed by atoms with Crippen LogP contribution < -0.4 is 5.73 Å². The van der Waals surface area contributed by atoms with Gasteiger partial charge >= 0.3 is 0 Å². The molecule has 1 saturated carbocycles. The van der Waals surface area contributed by atoms with Crippen LogP contribution in [0.4, 0.5) is 0 Å². The first-order chi connectivity index (χ1) is 8.20. The van der Waals surface area contributed by atoms with Gasteiger partial charge < -0.3 is 15.4 Å². The molecule has 2 aliphatic rings. The number of ether oxygens (including phenoxy) is 1. The van der Waals surface area contributed by atoms with Gasteiger partial charge in [-0.1, -0.05) is 13.8 Å². The van der Waals surface area contributed by atoms with Gasteiger partial charge in [0.25, 0.3) is 0 Å². The lowest BCUT2D eigenvalue weighted by molar-refractivity contribution is -0.166. The lowest BCUT2D eigenvalue weighted by Gasteiger charge is -2.52. The summed E-state index contributed by atoms with van der Waals surface area (Å²) in [7, 11) is 0. The molecular formula is C14H27N3O. The number of hydrogen-bond donors (Lipinski definition) is 1. The van der Waals surface area contributed by atoms with Crippen LogP contribution in [-0.4, -0.2) is 41.7 Å². The molecule has 4 nitrogen and oxygen atoms in total. The van der Waals surface area contributed by atoms with Gasteiger partial charge in [0.05, 0.1) is 17.7 Å². The van der Waals surface area contributed by atoms with E-state index in [4.69, 9.17) is 10.5 Å². The summed E-state index contributed by atoms with van der Waals surface area (Å²) in [5.74, 6) is 0.716. The Bertz CT molecular complexity index is 339. The Hall–Kier alpha value is -0.770. The molecule has 0 spiro atoms. The molecule has 0 aromatic carbocycles. The first-order valence-corrected chi connectivity index (χ1v) is 6.96. The molecular weight excluding hydrogens is 226 g/mol. The SMILES string of the molecule is CC(C)(C)O[C@@H]1C[C@H](N=C(N)N2CCC2)C1(C)C. The smallest absolute Gasteiger partial charge is 0.191 e. The topological polar surface area (TPSA) is 50.9 Å². The highest BCUT2D eigenvalue weighted by molar-refractivity contribution is 5.79. The van der Waals surface area contributed by atoms with E-state index in [1.54, 1.807) is 0 Å². The molecule has 18 heavy (non-hydrogen) atoms. The molecule has 4 heteroatoms. The number of nitrogens with two attached hydrogens (primary N) is 1. The van der Waals surface area contributed by atoms with Crippen molar-refractivity contribution in [2.45, 2.75) is 65.2 Å². The molecule has 1 heterocycles. The highest BCUT2D eigenvalue weighted by atomic mass is 16.5. The molecule has 0 aromatic heterocycles. The van der Waals surface area contributed by atoms with Crippen LogP contribution in [0.15, 0.2) is 4.99 Å². The Balaban J connectivity index is 1.94. The molecule has 2 fully saturated rings. The van der Waals surface area contributed by atoms with Crippen LogP contribution >= 0.6 is 0 Å². The molecule has 1 aliphatic heterocycles. The van der Waals surface area contributed by atoms with Crippen molar-refractivity contribution in [2.24, 2.45) is 16.1 Å². The average molecular weight is 253 g/mol. The van der Waals surface area contributed by atoms with Crippen molar-refractivity contribution in [3.63, 3.8) is 0 Å². The van der Waals surface area contributed by atoms with Gasteiger partial charge in [0.15, 0.2) is 5.96 Å². The summed E-state index contributed by atoms with van der Waals surface area (Å²) < 4.78 is 6.08. The van der Waals surface area contributed by atoms with Crippen LogP contribution in [0.25, 0.3) is 0 Å². The first-order valence-electron chi connectivity index (χ1n) is 6.96. The molecule has 0 amide bonds. The Kier molecular flexibility index (Phi) is 3.34. The van der Waals surface area contributed by atoms with E-state index in [0.29, 0.717) is 12.0 Å². The van der Waals surface area contributed by atoms with Crippen molar-refractivity contribution >= 4 is 5.96 Å². The molecule has 0 unspecified atom stereocenters. The van der Waals surface area contributed by atoms with E-state index >= 15 is 0 Å². The van der Waals surface area contributed by atoms with Gasteiger partial charge in [0.1, 0.15) is 0 Å². The monoisotopic (exact) mass is 253 g/mol. The number of hydrogen-bond acceptors (Lipinski definition) is 2. The third kappa shape index (κ3) is 2.63. The van der Waals surface area contributed by atoms with Crippen LogP contribution in [-0.2, 0) is 4.74 Å². The quantitative estimate of drug-likeness (QED) is 0.605. The molecule has 2 rings (SSSR count). The third-order valence-corrected chi connectivity index (χ3v) is 4.09. The Morgan fingerprint density at radius 3 is 2.33 bits per heavy atom. The minimum absolute atomic E-state index is 0.0837. The van der Waals surface area contributed by atoms with Gasteiger partial charge in [-0.15, -0.1) is 0 Å². The van der Waals surface area contributed by atoms with Crippen LogP contribution in [0.5, 0.6) is 0 Å². The van der Waals surface area contributed by atoms with Crippen molar-refractivity contribution in [3.05, 3.63) is 0 Å². The van der Waals surface area contributed by atoms with Gasteiger partial charge in [-0.25, -0.2) is 4.99 Å². The maximum Gasteiger partial charge on any atom is 0.191 e. The second-order valence-electron chi connectivity index (χ2n) is 7.12. The fraction of sp³-hybridized carbons (Fsp3) is 0.929. The van der Waals surface area contributed by atoms with Gasteiger partial charge in [0, 0.05) is 18.5 Å². The van der Waals surface area contributed by atoms with Crippen LogP contribution in [0.2, 0.25) is 0 Å². The minimum atomic E-state index is -0.0837. The summed E-state index contributed by atoms with van der Waals surface area (Å²) >= 11 is 0. The number of likely N-dealkylation sites (tertiary alicyclic amines) is 1. The van der Waals surface area contributed by atoms with Gasteiger partial charge in [0.2, 0.25) is 0 Å². The van der Waals surface area contributed by atoms with Crippen LogP contribution in [0, 0.1) is 5.41 Å². The fourth-order valence-electron chi connectivity index (χ4n) is 2.50. The standard InChI is InChI=1S/C14H27N3O/c1-13(2,3)18-11-9-10(14(11,4)5)16-12(15)17-7-6-8-17/h10-11H,6-9H2,1-5H3,(H2,15,16)/t10-,11+/m0/s1. The molecule has 0 bridgehead atoms. The number of guanidine groups is 1. The second kappa shape index (κ2) is 4.41. The van der Waals surface area contributed by atoms with E-state index in [0.717, 1.165) is 19.5 Å². The lowest BCUT2D eigenvalue weighted by atomic mass is 9.64. The minimum Gasteiger partial charge on any atom is -0.372 e. The van der Waals surface area contributed by atoms with Crippen LogP contribution in [0.3, 0.4) is 0 Å². The predicted molar refractivity (Wildman–Crippen MR) is 74.6 cm³/mol. The number of rotatable bonds is 2. The van der Waals surface area contributed by atoms with Crippen molar-refractivity contribution < 1.29 is 4.74 Å². The summed E-state index contributed by atoms with van der Waals surface area (Å²) in [6, 6.07) is 0.297. The van der Waals surface area contributed by atoms with Gasteiger partial charge in [-0.3, -0.25) is 0 Å². The first kappa shape index (κ1) is 13.7. The molecule has 104 valence electrons. The maximum atomic E-state index is 6.08. The van der Waals surface area contributed by atoms with Crippen molar-refractivity contribution in [3.8, 4) is 0 Å². The third-order valence-electron chi connectivity index (χ3n) is 4.09. The molecule has 2 N–H and O–H groups in total. The Labute approximate surface area is 111 Å². The summed E-state index contributed by atoms with van der Waals surface area (Å²) in [6.07, 6.45) is 2.51. The van der Waals surface area contributed by atoms with Gasteiger partial charge in [-0.2, -0.15) is 0 Å². The lowest BCUT2D eigenvalue weighted by Crippen LogP contribution is -2.57. The second-order valence-corrected chi connectivity index (χ2v) is 7.12.